The summed E-state index contributed by atoms with van der Waals surface area (Å²) in [4.78, 5) is 35.0. The zero-order chi connectivity index (χ0) is 15.7. The zero-order valence-corrected chi connectivity index (χ0v) is 11.8. The van der Waals surface area contributed by atoms with E-state index in [1.54, 1.807) is 19.9 Å². The number of benzene rings is 1. The van der Waals surface area contributed by atoms with Crippen molar-refractivity contribution in [2.45, 2.75) is 32.8 Å². The largest absolute Gasteiger partial charge is 0.507 e. The molecular weight excluding hydrogens is 274 g/mol. The van der Waals surface area contributed by atoms with E-state index in [9.17, 15) is 24.6 Å². The first kappa shape index (κ1) is 15.2. The Labute approximate surface area is 121 Å². The second kappa shape index (κ2) is 5.65. The number of aromatic hydroxyl groups is 1. The lowest BCUT2D eigenvalue weighted by molar-refractivity contribution is -0.136. The molecule has 0 aromatic heterocycles. The second-order valence-electron chi connectivity index (χ2n) is 5.43. The highest BCUT2D eigenvalue weighted by Gasteiger charge is 2.35. The fourth-order valence-corrected chi connectivity index (χ4v) is 2.55. The fraction of sp³-hybridized carbons (Fsp3) is 0.400. The number of ketones is 1. The van der Waals surface area contributed by atoms with Crippen LogP contribution in [-0.4, -0.2) is 33.9 Å². The third-order valence-corrected chi connectivity index (χ3v) is 3.60. The summed E-state index contributed by atoms with van der Waals surface area (Å²) >= 11 is 0. The van der Waals surface area contributed by atoms with Crippen molar-refractivity contribution in [3.63, 3.8) is 0 Å². The number of hydrogen-bond donors (Lipinski definition) is 3. The van der Waals surface area contributed by atoms with Crippen LogP contribution in [0.25, 0.3) is 0 Å². The van der Waals surface area contributed by atoms with E-state index in [1.807, 2.05) is 0 Å². The maximum atomic E-state index is 12.3. The molecule has 0 bridgehead atoms. The summed E-state index contributed by atoms with van der Waals surface area (Å²) < 4.78 is 0. The van der Waals surface area contributed by atoms with Crippen LogP contribution in [0.1, 0.15) is 34.3 Å². The Bertz CT molecular complexity index is 607. The molecule has 112 valence electrons. The van der Waals surface area contributed by atoms with E-state index in [0.29, 0.717) is 5.56 Å². The zero-order valence-electron chi connectivity index (χ0n) is 11.8. The Balaban J connectivity index is 2.27. The lowest BCUT2D eigenvalue weighted by atomic mass is 9.86. The predicted molar refractivity (Wildman–Crippen MR) is 73.8 cm³/mol. The lowest BCUT2D eigenvalue weighted by Gasteiger charge is -2.25. The molecule has 1 aliphatic rings. The molecule has 1 heterocycles. The summed E-state index contributed by atoms with van der Waals surface area (Å²) in [5.41, 5.74) is 1.32. The summed E-state index contributed by atoms with van der Waals surface area (Å²) in [5, 5.41) is 22.2. The first-order valence-corrected chi connectivity index (χ1v) is 6.64. The average Bonchev–Trinajstić information content (AvgIpc) is 2.40. The minimum Gasteiger partial charge on any atom is -0.507 e. The Morgan fingerprint density at radius 1 is 1.24 bits per heavy atom. The molecule has 1 aliphatic heterocycles. The number of aryl methyl sites for hydroxylation is 2. The quantitative estimate of drug-likeness (QED) is 0.559. The van der Waals surface area contributed by atoms with Gasteiger partial charge >= 0.3 is 0 Å². The Kier molecular flexibility index (Phi) is 4.09. The highest BCUT2D eigenvalue weighted by atomic mass is 16.3. The van der Waals surface area contributed by atoms with Crippen LogP contribution in [-0.2, 0) is 9.59 Å². The van der Waals surface area contributed by atoms with Crippen LogP contribution in [0.4, 0.5) is 0 Å². The first-order valence-electron chi connectivity index (χ1n) is 6.64. The molecule has 0 saturated carbocycles. The monoisotopic (exact) mass is 291 g/mol. The minimum atomic E-state index is -1.49. The highest BCUT2D eigenvalue weighted by Crippen LogP contribution is 2.28. The van der Waals surface area contributed by atoms with E-state index in [0.717, 1.165) is 5.56 Å². The maximum absolute atomic E-state index is 12.3. The third kappa shape index (κ3) is 3.11. The van der Waals surface area contributed by atoms with E-state index in [2.05, 4.69) is 5.32 Å². The van der Waals surface area contributed by atoms with Gasteiger partial charge in [-0.2, -0.15) is 0 Å². The Morgan fingerprint density at radius 2 is 1.81 bits per heavy atom. The van der Waals surface area contributed by atoms with E-state index >= 15 is 0 Å². The molecule has 2 amide bonds. The van der Waals surface area contributed by atoms with Crippen LogP contribution in [0.2, 0.25) is 0 Å². The Hall–Kier alpha value is -2.21. The summed E-state index contributed by atoms with van der Waals surface area (Å²) in [5.74, 6) is -2.64. The van der Waals surface area contributed by atoms with Gasteiger partial charge in [-0.3, -0.25) is 19.7 Å². The summed E-state index contributed by atoms with van der Waals surface area (Å²) in [6, 6.07) is 3.20. The normalized spacial score (nSPS) is 17.5. The molecule has 0 radical (unpaired) electrons. The van der Waals surface area contributed by atoms with Crippen molar-refractivity contribution in [1.82, 2.24) is 5.32 Å². The topological polar surface area (TPSA) is 104 Å². The number of hydrogen-bond acceptors (Lipinski definition) is 5. The lowest BCUT2D eigenvalue weighted by Crippen LogP contribution is -2.44. The SMILES string of the molecule is Cc1cc(C)c(O)c(C(=O)[C@H](O)C2CC(=O)NC(=O)C2)c1. The van der Waals surface area contributed by atoms with E-state index in [-0.39, 0.29) is 24.2 Å². The van der Waals surface area contributed by atoms with Gasteiger partial charge in [-0.25, -0.2) is 0 Å². The third-order valence-electron chi connectivity index (χ3n) is 3.60. The first-order chi connectivity index (χ1) is 9.79. The smallest absolute Gasteiger partial charge is 0.226 e. The van der Waals surface area contributed by atoms with Gasteiger partial charge in [0, 0.05) is 18.8 Å². The summed E-state index contributed by atoms with van der Waals surface area (Å²) in [6.07, 6.45) is -1.68. The number of carbonyl (C=O) groups excluding carboxylic acids is 3. The van der Waals surface area contributed by atoms with Gasteiger partial charge in [0.15, 0.2) is 5.78 Å². The molecule has 6 nitrogen and oxygen atoms in total. The number of amides is 2. The molecule has 0 aliphatic carbocycles. The molecule has 3 N–H and O–H groups in total. The number of aliphatic hydroxyl groups excluding tert-OH is 1. The molecule has 1 aromatic rings. The summed E-state index contributed by atoms with van der Waals surface area (Å²) in [7, 11) is 0. The van der Waals surface area contributed by atoms with Gasteiger partial charge in [0.05, 0.1) is 5.56 Å². The van der Waals surface area contributed by atoms with Crippen molar-refractivity contribution in [2.75, 3.05) is 0 Å². The van der Waals surface area contributed by atoms with Gasteiger partial charge < -0.3 is 10.2 Å². The molecule has 1 aromatic carbocycles. The van der Waals surface area contributed by atoms with Crippen LogP contribution in [0.15, 0.2) is 12.1 Å². The number of nitrogens with one attached hydrogen (secondary N) is 1. The molecule has 1 saturated heterocycles. The van der Waals surface area contributed by atoms with Crippen LogP contribution in [0.3, 0.4) is 0 Å². The number of Topliss-reactive ketones (excluding diaryl/α,β-unsaturated/α-hetero) is 1. The Morgan fingerprint density at radius 3 is 2.38 bits per heavy atom. The number of rotatable bonds is 3. The van der Waals surface area contributed by atoms with Crippen molar-refractivity contribution in [3.05, 3.63) is 28.8 Å². The van der Waals surface area contributed by atoms with Gasteiger partial charge in [0.2, 0.25) is 11.8 Å². The van der Waals surface area contributed by atoms with Crippen molar-refractivity contribution in [1.29, 1.82) is 0 Å². The molecule has 0 unspecified atom stereocenters. The number of phenolic OH excluding ortho intramolecular Hbond substituents is 1. The van der Waals surface area contributed by atoms with Crippen molar-refractivity contribution in [3.8, 4) is 5.75 Å². The number of phenols is 1. The predicted octanol–water partition coefficient (Wildman–Crippen LogP) is 0.605. The standard InChI is InChI=1S/C15H17NO5/c1-7-3-8(2)13(19)10(4-7)15(21)14(20)9-5-11(17)16-12(18)6-9/h3-4,9,14,19-20H,5-6H2,1-2H3,(H,16,17,18)/t14-/m1/s1. The molecular formula is C15H17NO5. The van der Waals surface area contributed by atoms with Gasteiger partial charge in [-0.05, 0) is 31.0 Å². The van der Waals surface area contributed by atoms with Gasteiger partial charge in [-0.15, -0.1) is 0 Å². The number of aliphatic hydroxyl groups is 1. The van der Waals surface area contributed by atoms with Crippen LogP contribution >= 0.6 is 0 Å². The average molecular weight is 291 g/mol. The van der Waals surface area contributed by atoms with Crippen LogP contribution in [0, 0.1) is 19.8 Å². The van der Waals surface area contributed by atoms with Crippen molar-refractivity contribution in [2.24, 2.45) is 5.92 Å². The number of piperidine rings is 1. The maximum Gasteiger partial charge on any atom is 0.226 e. The second-order valence-corrected chi connectivity index (χ2v) is 5.43. The molecule has 21 heavy (non-hydrogen) atoms. The molecule has 1 fully saturated rings. The van der Waals surface area contributed by atoms with Gasteiger partial charge in [0.25, 0.3) is 0 Å². The van der Waals surface area contributed by atoms with Gasteiger partial charge in [0.1, 0.15) is 11.9 Å². The van der Waals surface area contributed by atoms with E-state index in [4.69, 9.17) is 0 Å². The summed E-state index contributed by atoms with van der Waals surface area (Å²) in [6.45, 7) is 3.43. The van der Waals surface area contributed by atoms with E-state index in [1.165, 1.54) is 6.07 Å². The molecule has 0 spiro atoms. The number of imide groups is 1. The fourth-order valence-electron chi connectivity index (χ4n) is 2.55. The molecule has 1 atom stereocenters. The molecule has 6 heteroatoms. The van der Waals surface area contributed by atoms with Crippen LogP contribution in [0.5, 0.6) is 5.75 Å². The van der Waals surface area contributed by atoms with Crippen molar-refractivity contribution >= 4 is 17.6 Å². The van der Waals surface area contributed by atoms with Gasteiger partial charge in [-0.1, -0.05) is 6.07 Å². The number of carbonyl (C=O) groups is 3. The highest BCUT2D eigenvalue weighted by molar-refractivity contribution is 6.04. The van der Waals surface area contributed by atoms with Crippen molar-refractivity contribution < 1.29 is 24.6 Å². The molecule has 2 rings (SSSR count). The minimum absolute atomic E-state index is 0.0124. The van der Waals surface area contributed by atoms with E-state index < -0.39 is 29.6 Å². The van der Waals surface area contributed by atoms with Crippen LogP contribution < -0.4 is 5.32 Å².